The van der Waals surface area contributed by atoms with Gasteiger partial charge in [-0.3, -0.25) is 0 Å². The second-order valence-corrected chi connectivity index (χ2v) is 5.27. The lowest BCUT2D eigenvalue weighted by atomic mass is 9.88. The fourth-order valence-corrected chi connectivity index (χ4v) is 3.33. The Bertz CT molecular complexity index is 486. The molecule has 1 heterocycles. The van der Waals surface area contributed by atoms with E-state index in [2.05, 4.69) is 51.8 Å². The van der Waals surface area contributed by atoms with Crippen LogP contribution in [-0.4, -0.2) is 9.41 Å². The summed E-state index contributed by atoms with van der Waals surface area (Å²) < 4.78 is 1.29. The monoisotopic (exact) mass is 311 g/mol. The maximum Gasteiger partial charge on any atom is 0.0458 e. The SMILES string of the molecule is ICC1CCc2[nH]c3ccccc3c2C1. The van der Waals surface area contributed by atoms with Crippen molar-refractivity contribution in [2.45, 2.75) is 19.3 Å². The average molecular weight is 311 g/mol. The summed E-state index contributed by atoms with van der Waals surface area (Å²) in [5.41, 5.74) is 4.38. The number of halogens is 1. The van der Waals surface area contributed by atoms with E-state index in [1.165, 1.54) is 40.3 Å². The van der Waals surface area contributed by atoms with Crippen LogP contribution in [0.15, 0.2) is 24.3 Å². The van der Waals surface area contributed by atoms with E-state index in [1.54, 1.807) is 5.56 Å². The Kier molecular flexibility index (Phi) is 2.47. The molecule has 2 aromatic rings. The first-order valence-electron chi connectivity index (χ1n) is 5.53. The lowest BCUT2D eigenvalue weighted by molar-refractivity contribution is 0.514. The van der Waals surface area contributed by atoms with Crippen molar-refractivity contribution in [3.63, 3.8) is 0 Å². The zero-order valence-electron chi connectivity index (χ0n) is 8.59. The lowest BCUT2D eigenvalue weighted by Crippen LogP contribution is -2.14. The van der Waals surface area contributed by atoms with E-state index in [0.717, 1.165) is 5.92 Å². The molecule has 0 radical (unpaired) electrons. The summed E-state index contributed by atoms with van der Waals surface area (Å²) in [6.45, 7) is 0. The number of para-hydroxylation sites is 1. The van der Waals surface area contributed by atoms with Crippen molar-refractivity contribution in [1.82, 2.24) is 4.98 Å². The number of H-pyrrole nitrogens is 1. The smallest absolute Gasteiger partial charge is 0.0458 e. The maximum absolute atomic E-state index is 3.56. The van der Waals surface area contributed by atoms with Crippen LogP contribution >= 0.6 is 22.6 Å². The zero-order valence-corrected chi connectivity index (χ0v) is 10.8. The molecule has 0 spiro atoms. The Hall–Kier alpha value is -0.510. The highest BCUT2D eigenvalue weighted by Gasteiger charge is 2.21. The Morgan fingerprint density at radius 3 is 3.07 bits per heavy atom. The molecule has 1 aliphatic carbocycles. The molecular formula is C13H14IN. The summed E-state index contributed by atoms with van der Waals surface area (Å²) in [5.74, 6) is 0.886. The molecule has 78 valence electrons. The molecule has 0 bridgehead atoms. The van der Waals surface area contributed by atoms with Crippen molar-refractivity contribution in [2.24, 2.45) is 5.92 Å². The third-order valence-electron chi connectivity index (χ3n) is 3.42. The molecule has 1 unspecified atom stereocenters. The molecule has 1 nitrogen and oxygen atoms in total. The van der Waals surface area contributed by atoms with Crippen LogP contribution in [-0.2, 0) is 12.8 Å². The van der Waals surface area contributed by atoms with Crippen LogP contribution in [0.3, 0.4) is 0 Å². The van der Waals surface area contributed by atoms with Gasteiger partial charge in [-0.25, -0.2) is 0 Å². The summed E-state index contributed by atoms with van der Waals surface area (Å²) >= 11 is 2.52. The van der Waals surface area contributed by atoms with Crippen LogP contribution in [0.2, 0.25) is 0 Å². The quantitative estimate of drug-likeness (QED) is 0.610. The highest BCUT2D eigenvalue weighted by Crippen LogP contribution is 2.32. The topological polar surface area (TPSA) is 15.8 Å². The molecule has 1 aromatic carbocycles. The van der Waals surface area contributed by atoms with Gasteiger partial charge in [0, 0.05) is 21.0 Å². The summed E-state index contributed by atoms with van der Waals surface area (Å²) in [4.78, 5) is 3.56. The number of rotatable bonds is 1. The van der Waals surface area contributed by atoms with Gasteiger partial charge in [-0.2, -0.15) is 0 Å². The van der Waals surface area contributed by atoms with Crippen LogP contribution in [0.4, 0.5) is 0 Å². The minimum absolute atomic E-state index is 0.886. The molecule has 1 aromatic heterocycles. The van der Waals surface area contributed by atoms with Gasteiger partial charge >= 0.3 is 0 Å². The van der Waals surface area contributed by atoms with E-state index in [0.29, 0.717) is 0 Å². The largest absolute Gasteiger partial charge is 0.358 e. The number of aromatic amines is 1. The second-order valence-electron chi connectivity index (χ2n) is 4.39. The van der Waals surface area contributed by atoms with Gasteiger partial charge in [0.05, 0.1) is 0 Å². The predicted octanol–water partition coefficient (Wildman–Crippen LogP) is 3.71. The first-order valence-corrected chi connectivity index (χ1v) is 7.05. The third-order valence-corrected chi connectivity index (χ3v) is 4.66. The van der Waals surface area contributed by atoms with Crippen LogP contribution in [0, 0.1) is 5.92 Å². The Morgan fingerprint density at radius 1 is 1.33 bits per heavy atom. The molecule has 0 fully saturated rings. The summed E-state index contributed by atoms with van der Waals surface area (Å²) in [7, 11) is 0. The van der Waals surface area contributed by atoms with Gasteiger partial charge in [-0.1, -0.05) is 40.8 Å². The maximum atomic E-state index is 3.56. The van der Waals surface area contributed by atoms with Gasteiger partial charge in [-0.15, -0.1) is 0 Å². The molecule has 0 saturated carbocycles. The summed E-state index contributed by atoms with van der Waals surface area (Å²) in [6.07, 6.45) is 3.85. The number of benzene rings is 1. The summed E-state index contributed by atoms with van der Waals surface area (Å²) in [5, 5.41) is 1.45. The number of aryl methyl sites for hydroxylation is 1. The molecule has 0 amide bonds. The molecular weight excluding hydrogens is 297 g/mol. The highest BCUT2D eigenvalue weighted by molar-refractivity contribution is 14.1. The minimum Gasteiger partial charge on any atom is -0.358 e. The standard InChI is InChI=1S/C13H14IN/c14-8-9-5-6-13-11(7-9)10-3-1-2-4-12(10)15-13/h1-4,9,15H,5-8H2. The molecule has 0 saturated heterocycles. The van der Waals surface area contributed by atoms with Crippen LogP contribution in [0.5, 0.6) is 0 Å². The normalized spacial score (nSPS) is 20.5. The van der Waals surface area contributed by atoms with Gasteiger partial charge in [0.15, 0.2) is 0 Å². The van der Waals surface area contributed by atoms with E-state index in [1.807, 2.05) is 0 Å². The van der Waals surface area contributed by atoms with Crippen molar-refractivity contribution < 1.29 is 0 Å². The van der Waals surface area contributed by atoms with Crippen molar-refractivity contribution in [3.8, 4) is 0 Å². The van der Waals surface area contributed by atoms with Gasteiger partial charge in [0.1, 0.15) is 0 Å². The van der Waals surface area contributed by atoms with Gasteiger partial charge in [0.2, 0.25) is 0 Å². The third kappa shape index (κ3) is 1.59. The Balaban J connectivity index is 2.14. The summed E-state index contributed by atoms with van der Waals surface area (Å²) in [6, 6.07) is 8.69. The van der Waals surface area contributed by atoms with E-state index < -0.39 is 0 Å². The van der Waals surface area contributed by atoms with Crippen molar-refractivity contribution in [3.05, 3.63) is 35.5 Å². The van der Waals surface area contributed by atoms with E-state index in [9.17, 15) is 0 Å². The van der Waals surface area contributed by atoms with E-state index in [-0.39, 0.29) is 0 Å². The van der Waals surface area contributed by atoms with Gasteiger partial charge in [-0.05, 0) is 36.8 Å². The fraction of sp³-hybridized carbons (Fsp3) is 0.385. The average Bonchev–Trinajstić information content (AvgIpc) is 2.66. The van der Waals surface area contributed by atoms with Crippen molar-refractivity contribution in [1.29, 1.82) is 0 Å². The lowest BCUT2D eigenvalue weighted by Gasteiger charge is -2.20. The molecule has 2 heteroatoms. The van der Waals surface area contributed by atoms with Crippen molar-refractivity contribution >= 4 is 33.5 Å². The van der Waals surface area contributed by atoms with Gasteiger partial charge < -0.3 is 4.98 Å². The molecule has 0 aliphatic heterocycles. The second kappa shape index (κ2) is 3.81. The van der Waals surface area contributed by atoms with E-state index >= 15 is 0 Å². The first kappa shape index (κ1) is 9.70. The first-order chi connectivity index (χ1) is 7.38. The zero-order chi connectivity index (χ0) is 10.3. The molecule has 3 rings (SSSR count). The molecule has 1 N–H and O–H groups in total. The number of fused-ring (bicyclic) bond motifs is 3. The number of alkyl halides is 1. The number of hydrogen-bond acceptors (Lipinski definition) is 0. The van der Waals surface area contributed by atoms with Crippen molar-refractivity contribution in [2.75, 3.05) is 4.43 Å². The van der Waals surface area contributed by atoms with Gasteiger partial charge in [0.25, 0.3) is 0 Å². The Labute approximate surface area is 103 Å². The molecule has 15 heavy (non-hydrogen) atoms. The predicted molar refractivity (Wildman–Crippen MR) is 72.7 cm³/mol. The highest BCUT2D eigenvalue weighted by atomic mass is 127. The van der Waals surface area contributed by atoms with Crippen LogP contribution < -0.4 is 0 Å². The Morgan fingerprint density at radius 2 is 2.20 bits per heavy atom. The fourth-order valence-electron chi connectivity index (χ4n) is 2.57. The van der Waals surface area contributed by atoms with E-state index in [4.69, 9.17) is 0 Å². The van der Waals surface area contributed by atoms with Crippen LogP contribution in [0.1, 0.15) is 17.7 Å². The number of nitrogens with one attached hydrogen (secondary N) is 1. The number of hydrogen-bond donors (Lipinski definition) is 1. The molecule has 1 aliphatic rings. The van der Waals surface area contributed by atoms with Crippen LogP contribution in [0.25, 0.3) is 10.9 Å². The molecule has 1 atom stereocenters. The minimum atomic E-state index is 0.886. The number of aromatic nitrogens is 1.